The summed E-state index contributed by atoms with van der Waals surface area (Å²) in [6.45, 7) is 4.73. The van der Waals surface area contributed by atoms with E-state index in [2.05, 4.69) is 5.32 Å². The smallest absolute Gasteiger partial charge is 0.265 e. The summed E-state index contributed by atoms with van der Waals surface area (Å²) in [5, 5.41) is 2.78. The number of para-hydroxylation sites is 1. The molecule has 2 aromatic carbocycles. The highest BCUT2D eigenvalue weighted by atomic mass is 16.5. The van der Waals surface area contributed by atoms with Crippen LogP contribution < -0.4 is 10.1 Å². The molecule has 0 saturated heterocycles. The summed E-state index contributed by atoms with van der Waals surface area (Å²) < 4.78 is 5.68. The highest BCUT2D eigenvalue weighted by Gasteiger charge is 2.29. The number of anilines is 1. The maximum Gasteiger partial charge on any atom is 0.265 e. The van der Waals surface area contributed by atoms with Crippen molar-refractivity contribution in [3.05, 3.63) is 59.7 Å². The van der Waals surface area contributed by atoms with Crippen LogP contribution in [0.15, 0.2) is 48.5 Å². The molecule has 1 atom stereocenters. The first-order chi connectivity index (χ1) is 11.6. The molecule has 1 N–H and O–H groups in total. The second-order valence-corrected chi connectivity index (χ2v) is 5.74. The van der Waals surface area contributed by atoms with E-state index in [1.54, 1.807) is 30.0 Å². The zero-order valence-corrected chi connectivity index (χ0v) is 13.8. The molecule has 124 valence electrons. The van der Waals surface area contributed by atoms with Gasteiger partial charge in [0.15, 0.2) is 11.9 Å². The lowest BCUT2D eigenvalue weighted by Crippen LogP contribution is -2.36. The third-order valence-corrected chi connectivity index (χ3v) is 4.05. The standard InChI is InChI=1S/C19H20N2O3/c1-3-21(12-14-8-5-4-6-9-14)19(23)15-10-7-11-16-17(15)24-13(2)18(22)20-16/h4-11,13H,3,12H2,1-2H3,(H,20,22). The van der Waals surface area contributed by atoms with Gasteiger partial charge in [-0.25, -0.2) is 0 Å². The minimum atomic E-state index is -0.615. The molecule has 5 heteroatoms. The summed E-state index contributed by atoms with van der Waals surface area (Å²) in [6, 6.07) is 15.1. The zero-order chi connectivity index (χ0) is 17.1. The fourth-order valence-corrected chi connectivity index (χ4v) is 2.70. The highest BCUT2D eigenvalue weighted by molar-refractivity contribution is 6.03. The van der Waals surface area contributed by atoms with Crippen LogP contribution in [0.25, 0.3) is 0 Å². The van der Waals surface area contributed by atoms with Crippen LogP contribution in [0.1, 0.15) is 29.8 Å². The summed E-state index contributed by atoms with van der Waals surface area (Å²) in [5.74, 6) is 0.131. The molecule has 2 aromatic rings. The molecule has 5 nitrogen and oxygen atoms in total. The molecule has 0 saturated carbocycles. The van der Waals surface area contributed by atoms with Gasteiger partial charge in [-0.3, -0.25) is 9.59 Å². The Morgan fingerprint density at radius 2 is 1.92 bits per heavy atom. The van der Waals surface area contributed by atoms with Crippen molar-refractivity contribution in [1.29, 1.82) is 0 Å². The summed E-state index contributed by atoms with van der Waals surface area (Å²) >= 11 is 0. The number of hydrogen-bond donors (Lipinski definition) is 1. The lowest BCUT2D eigenvalue weighted by atomic mass is 10.1. The predicted molar refractivity (Wildman–Crippen MR) is 92.0 cm³/mol. The van der Waals surface area contributed by atoms with Gasteiger partial charge < -0.3 is 15.0 Å². The van der Waals surface area contributed by atoms with Crippen molar-refractivity contribution >= 4 is 17.5 Å². The van der Waals surface area contributed by atoms with Crippen molar-refractivity contribution in [3.8, 4) is 5.75 Å². The van der Waals surface area contributed by atoms with Gasteiger partial charge in [0, 0.05) is 13.1 Å². The third kappa shape index (κ3) is 3.11. The highest BCUT2D eigenvalue weighted by Crippen LogP contribution is 2.34. The van der Waals surface area contributed by atoms with E-state index in [9.17, 15) is 9.59 Å². The monoisotopic (exact) mass is 324 g/mol. The molecule has 0 radical (unpaired) electrons. The van der Waals surface area contributed by atoms with Crippen LogP contribution in [0, 0.1) is 0 Å². The SMILES string of the molecule is CCN(Cc1ccccc1)C(=O)c1cccc2c1OC(C)C(=O)N2. The van der Waals surface area contributed by atoms with Crippen molar-refractivity contribution in [2.45, 2.75) is 26.5 Å². The van der Waals surface area contributed by atoms with Crippen LogP contribution in [0.5, 0.6) is 5.75 Å². The van der Waals surface area contributed by atoms with Crippen molar-refractivity contribution in [2.75, 3.05) is 11.9 Å². The summed E-state index contributed by atoms with van der Waals surface area (Å²) in [6.07, 6.45) is -0.615. The molecule has 0 aromatic heterocycles. The molecule has 24 heavy (non-hydrogen) atoms. The Bertz CT molecular complexity index is 758. The summed E-state index contributed by atoms with van der Waals surface area (Å²) in [4.78, 5) is 26.5. The molecule has 1 unspecified atom stereocenters. The molecule has 0 aliphatic carbocycles. The quantitative estimate of drug-likeness (QED) is 0.940. The van der Waals surface area contributed by atoms with Gasteiger partial charge in [-0.05, 0) is 31.5 Å². The maximum absolute atomic E-state index is 13.0. The Balaban J connectivity index is 1.89. The van der Waals surface area contributed by atoms with Crippen molar-refractivity contribution in [2.24, 2.45) is 0 Å². The molecule has 0 bridgehead atoms. The lowest BCUT2D eigenvalue weighted by molar-refractivity contribution is -0.122. The number of ether oxygens (including phenoxy) is 1. The molecule has 1 heterocycles. The number of carbonyl (C=O) groups excluding carboxylic acids is 2. The molecule has 1 aliphatic rings. The molecule has 2 amide bonds. The van der Waals surface area contributed by atoms with E-state index in [1.165, 1.54) is 0 Å². The minimum absolute atomic E-state index is 0.110. The first-order valence-corrected chi connectivity index (χ1v) is 8.04. The first kappa shape index (κ1) is 16.1. The Hall–Kier alpha value is -2.82. The van der Waals surface area contributed by atoms with Gasteiger partial charge in [-0.1, -0.05) is 36.4 Å². The average Bonchev–Trinajstić information content (AvgIpc) is 2.60. The fourth-order valence-electron chi connectivity index (χ4n) is 2.70. The Morgan fingerprint density at radius 3 is 2.62 bits per heavy atom. The molecule has 1 aliphatic heterocycles. The Kier molecular flexibility index (Phi) is 4.51. The third-order valence-electron chi connectivity index (χ3n) is 4.05. The van der Waals surface area contributed by atoms with E-state index in [4.69, 9.17) is 4.74 Å². The van der Waals surface area contributed by atoms with Gasteiger partial charge >= 0.3 is 0 Å². The van der Waals surface area contributed by atoms with Crippen LogP contribution >= 0.6 is 0 Å². The van der Waals surface area contributed by atoms with Gasteiger partial charge in [0.05, 0.1) is 11.3 Å². The maximum atomic E-state index is 13.0. The first-order valence-electron chi connectivity index (χ1n) is 8.04. The second-order valence-electron chi connectivity index (χ2n) is 5.74. The van der Waals surface area contributed by atoms with E-state index in [1.807, 2.05) is 37.3 Å². The van der Waals surface area contributed by atoms with Crippen LogP contribution in [-0.4, -0.2) is 29.4 Å². The zero-order valence-electron chi connectivity index (χ0n) is 13.8. The fraction of sp³-hybridized carbons (Fsp3) is 0.263. The Morgan fingerprint density at radius 1 is 1.17 bits per heavy atom. The number of carbonyl (C=O) groups is 2. The summed E-state index contributed by atoms with van der Waals surface area (Å²) in [7, 11) is 0. The van der Waals surface area contributed by atoms with Gasteiger partial charge in [-0.2, -0.15) is 0 Å². The molecule has 0 fully saturated rings. The lowest BCUT2D eigenvalue weighted by Gasteiger charge is -2.27. The van der Waals surface area contributed by atoms with Gasteiger partial charge in [0.1, 0.15) is 0 Å². The van der Waals surface area contributed by atoms with E-state index in [-0.39, 0.29) is 11.8 Å². The number of rotatable bonds is 4. The number of nitrogens with zero attached hydrogens (tertiary/aromatic N) is 1. The van der Waals surface area contributed by atoms with Gasteiger partial charge in [-0.15, -0.1) is 0 Å². The second kappa shape index (κ2) is 6.74. The molecule has 0 spiro atoms. The number of fused-ring (bicyclic) bond motifs is 1. The number of hydrogen-bond acceptors (Lipinski definition) is 3. The van der Waals surface area contributed by atoms with Crippen LogP contribution in [0.3, 0.4) is 0 Å². The van der Waals surface area contributed by atoms with Crippen LogP contribution in [-0.2, 0) is 11.3 Å². The van der Waals surface area contributed by atoms with E-state index in [0.717, 1.165) is 5.56 Å². The van der Waals surface area contributed by atoms with Crippen molar-refractivity contribution in [1.82, 2.24) is 4.90 Å². The minimum Gasteiger partial charge on any atom is -0.478 e. The number of benzene rings is 2. The topological polar surface area (TPSA) is 58.6 Å². The largest absolute Gasteiger partial charge is 0.478 e. The molecule has 3 rings (SSSR count). The average molecular weight is 324 g/mol. The predicted octanol–water partition coefficient (Wildman–Crippen LogP) is 3.07. The molecular weight excluding hydrogens is 304 g/mol. The van der Waals surface area contributed by atoms with E-state index < -0.39 is 6.10 Å². The summed E-state index contributed by atoms with van der Waals surface area (Å²) in [5.41, 5.74) is 2.08. The van der Waals surface area contributed by atoms with E-state index in [0.29, 0.717) is 30.1 Å². The Labute approximate surface area is 141 Å². The van der Waals surface area contributed by atoms with Crippen LogP contribution in [0.4, 0.5) is 5.69 Å². The van der Waals surface area contributed by atoms with Crippen LogP contribution in [0.2, 0.25) is 0 Å². The van der Waals surface area contributed by atoms with Crippen molar-refractivity contribution in [3.63, 3.8) is 0 Å². The van der Waals surface area contributed by atoms with Gasteiger partial charge in [0.2, 0.25) is 0 Å². The number of nitrogens with one attached hydrogen (secondary N) is 1. The normalized spacial score (nSPS) is 15.9. The van der Waals surface area contributed by atoms with E-state index >= 15 is 0 Å². The number of amides is 2. The van der Waals surface area contributed by atoms with Crippen molar-refractivity contribution < 1.29 is 14.3 Å². The molecular formula is C19H20N2O3. The van der Waals surface area contributed by atoms with Gasteiger partial charge in [0.25, 0.3) is 11.8 Å².